The lowest BCUT2D eigenvalue weighted by atomic mass is 9.90. The van der Waals surface area contributed by atoms with Crippen molar-refractivity contribution in [2.75, 3.05) is 40.5 Å². The zero-order valence-electron chi connectivity index (χ0n) is 36.5. The molecule has 4 N–H and O–H groups in total. The summed E-state index contributed by atoms with van der Waals surface area (Å²) in [5.41, 5.74) is 5.55. The number of halogens is 2. The van der Waals surface area contributed by atoms with Crippen LogP contribution in [0, 0.1) is 5.92 Å². The van der Waals surface area contributed by atoms with Crippen molar-refractivity contribution in [2.24, 2.45) is 5.92 Å². The minimum Gasteiger partial charge on any atom is -0.453 e. The van der Waals surface area contributed by atoms with E-state index in [0.717, 1.165) is 56.5 Å². The number of nitrogens with one attached hydrogen (secondary N) is 4. The molecule has 15 nitrogen and oxygen atoms in total. The number of hydrogen-bond donors (Lipinski definition) is 4. The highest BCUT2D eigenvalue weighted by atomic mass is 19.3. The third kappa shape index (κ3) is 9.20. The maximum absolute atomic E-state index is 15.0. The van der Waals surface area contributed by atoms with Gasteiger partial charge in [-0.2, -0.15) is 0 Å². The summed E-state index contributed by atoms with van der Waals surface area (Å²) in [5.74, 6) is -3.15. The van der Waals surface area contributed by atoms with E-state index in [1.54, 1.807) is 42.7 Å². The predicted octanol–water partition coefficient (Wildman–Crippen LogP) is 8.11. The van der Waals surface area contributed by atoms with Crippen LogP contribution in [0.25, 0.3) is 44.4 Å². The number of aromatic nitrogens is 4. The molecule has 5 heterocycles. The molecular formula is C49H50F2N8O7. The van der Waals surface area contributed by atoms with Crippen LogP contribution in [0.1, 0.15) is 67.4 Å². The first-order chi connectivity index (χ1) is 32.0. The number of nitrogens with zero attached hydrogens (tertiary/aromatic N) is 4. The van der Waals surface area contributed by atoms with E-state index in [9.17, 15) is 19.2 Å². The number of likely N-dealkylation sites (tertiary alicyclic amines) is 2. The summed E-state index contributed by atoms with van der Waals surface area (Å²) in [6.07, 6.45) is 4.15. The second kappa shape index (κ2) is 18.8. The number of aromatic amines is 2. The van der Waals surface area contributed by atoms with Gasteiger partial charge in [-0.05, 0) is 76.8 Å². The molecule has 0 spiro atoms. The van der Waals surface area contributed by atoms with Gasteiger partial charge in [0.25, 0.3) is 11.8 Å². The molecule has 9 rings (SSSR count). The fraction of sp³-hybridized carbons (Fsp3) is 0.347. The maximum atomic E-state index is 15.0. The van der Waals surface area contributed by atoms with Gasteiger partial charge in [0.05, 0.1) is 56.6 Å². The number of methoxy groups -OCH3 is 2. The molecule has 4 atom stereocenters. The van der Waals surface area contributed by atoms with E-state index in [1.165, 1.54) is 14.2 Å². The van der Waals surface area contributed by atoms with Crippen LogP contribution in [0.15, 0.2) is 103 Å². The number of fused-ring (bicyclic) bond motifs is 1. The van der Waals surface area contributed by atoms with Crippen molar-refractivity contribution in [2.45, 2.75) is 62.2 Å². The molecule has 3 aliphatic rings. The van der Waals surface area contributed by atoms with E-state index in [0.29, 0.717) is 49.7 Å². The zero-order chi connectivity index (χ0) is 46.0. The number of carbonyl (C=O) groups excluding carboxylic acids is 4. The normalized spacial score (nSPS) is 19.3. The third-order valence-electron chi connectivity index (χ3n) is 12.9. The van der Waals surface area contributed by atoms with Gasteiger partial charge in [-0.25, -0.2) is 28.3 Å². The van der Waals surface area contributed by atoms with Crippen molar-refractivity contribution >= 4 is 34.8 Å². The van der Waals surface area contributed by atoms with Gasteiger partial charge in [0.1, 0.15) is 23.7 Å². The fourth-order valence-corrected chi connectivity index (χ4v) is 9.42. The topological polar surface area (TPSA) is 184 Å². The van der Waals surface area contributed by atoms with Gasteiger partial charge < -0.3 is 44.6 Å². The van der Waals surface area contributed by atoms with Crippen molar-refractivity contribution in [1.29, 1.82) is 0 Å². The van der Waals surface area contributed by atoms with E-state index >= 15 is 8.78 Å². The number of ether oxygens (including phenoxy) is 3. The van der Waals surface area contributed by atoms with Crippen LogP contribution in [-0.2, 0) is 23.8 Å². The molecule has 3 saturated heterocycles. The summed E-state index contributed by atoms with van der Waals surface area (Å²) < 4.78 is 45.2. The number of alkyl carbamates (subject to hydrolysis) is 2. The Bertz CT molecular complexity index is 2720. The standard InChI is InChI=1S/C49H50F2N8O7/c1-64-47(62)56-41(31-7-4-3-5-8-31)46(61)59-28-49(50,51)25-40(59)44-53-26-37(54-44)30-12-10-29(11-13-30)33-14-15-35-24-36(17-16-34(35)23-33)38-27-52-43(55-38)39-9-6-20-58(39)45(60)42(57-48(63)65-2)32-18-21-66-22-19-32/h3-5,7-8,10-17,23-24,26-27,32,39-42H,6,9,18-22,25,28H2,1-2H3,(H,52,55)(H,53,54)(H,56,62)(H,57,63)/t39-,40-,41+,42-/m0/s1. The number of amides is 4. The summed E-state index contributed by atoms with van der Waals surface area (Å²) >= 11 is 0. The van der Waals surface area contributed by atoms with Crippen LogP contribution in [0.4, 0.5) is 18.4 Å². The van der Waals surface area contributed by atoms with Gasteiger partial charge in [-0.3, -0.25) is 9.59 Å². The molecule has 2 aromatic heterocycles. The zero-order valence-corrected chi connectivity index (χ0v) is 36.5. The Morgan fingerprint density at radius 3 is 1.98 bits per heavy atom. The van der Waals surface area contributed by atoms with Gasteiger partial charge in [-0.15, -0.1) is 0 Å². The van der Waals surface area contributed by atoms with E-state index in [2.05, 4.69) is 55.9 Å². The number of H-pyrrole nitrogens is 2. The van der Waals surface area contributed by atoms with E-state index in [1.807, 2.05) is 35.2 Å². The van der Waals surface area contributed by atoms with Gasteiger partial charge >= 0.3 is 12.2 Å². The molecule has 0 saturated carbocycles. The van der Waals surface area contributed by atoms with E-state index in [4.69, 9.17) is 19.2 Å². The van der Waals surface area contributed by atoms with Crippen molar-refractivity contribution in [3.05, 3.63) is 121 Å². The molecule has 3 aliphatic heterocycles. The van der Waals surface area contributed by atoms with Crippen molar-refractivity contribution < 1.29 is 42.2 Å². The molecule has 4 aromatic carbocycles. The van der Waals surface area contributed by atoms with Gasteiger partial charge in [0.2, 0.25) is 5.91 Å². The first kappa shape index (κ1) is 44.1. The summed E-state index contributed by atoms with van der Waals surface area (Å²) in [6.45, 7) is 0.817. The van der Waals surface area contributed by atoms with Crippen molar-refractivity contribution in [3.63, 3.8) is 0 Å². The Kier molecular flexibility index (Phi) is 12.5. The highest BCUT2D eigenvalue weighted by Gasteiger charge is 2.50. The Balaban J connectivity index is 0.882. The molecular weight excluding hydrogens is 851 g/mol. The number of imidazole rings is 2. The number of alkyl halides is 2. The van der Waals surface area contributed by atoms with E-state index < -0.39 is 55.1 Å². The molecule has 0 bridgehead atoms. The van der Waals surface area contributed by atoms with Crippen LogP contribution in [0.3, 0.4) is 0 Å². The van der Waals surface area contributed by atoms with Gasteiger partial charge in [0.15, 0.2) is 0 Å². The highest BCUT2D eigenvalue weighted by Crippen LogP contribution is 2.42. The highest BCUT2D eigenvalue weighted by molar-refractivity contribution is 5.91. The summed E-state index contributed by atoms with van der Waals surface area (Å²) in [4.78, 5) is 71.2. The Labute approximate surface area is 379 Å². The molecule has 342 valence electrons. The largest absolute Gasteiger partial charge is 0.453 e. The summed E-state index contributed by atoms with van der Waals surface area (Å²) in [7, 11) is 2.46. The fourth-order valence-electron chi connectivity index (χ4n) is 9.42. The average molecular weight is 901 g/mol. The first-order valence-corrected chi connectivity index (χ1v) is 22.0. The van der Waals surface area contributed by atoms with Crippen LogP contribution in [-0.4, -0.2) is 106 Å². The van der Waals surface area contributed by atoms with Crippen LogP contribution in [0.5, 0.6) is 0 Å². The Morgan fingerprint density at radius 1 is 0.712 bits per heavy atom. The lowest BCUT2D eigenvalue weighted by molar-refractivity contribution is -0.137. The van der Waals surface area contributed by atoms with Crippen molar-refractivity contribution in [1.82, 2.24) is 40.4 Å². The minimum atomic E-state index is -3.17. The second-order valence-electron chi connectivity index (χ2n) is 17.0. The molecule has 3 fully saturated rings. The lowest BCUT2D eigenvalue weighted by Crippen LogP contribution is -2.53. The predicted molar refractivity (Wildman–Crippen MR) is 240 cm³/mol. The minimum absolute atomic E-state index is 0.0514. The molecule has 66 heavy (non-hydrogen) atoms. The monoisotopic (exact) mass is 900 g/mol. The molecule has 6 aromatic rings. The van der Waals surface area contributed by atoms with Crippen LogP contribution in [0.2, 0.25) is 0 Å². The number of carbonyl (C=O) groups is 4. The van der Waals surface area contributed by atoms with E-state index in [-0.39, 0.29) is 23.7 Å². The van der Waals surface area contributed by atoms with Gasteiger partial charge in [-0.1, -0.05) is 78.9 Å². The second-order valence-corrected chi connectivity index (χ2v) is 17.0. The van der Waals surface area contributed by atoms with Crippen LogP contribution < -0.4 is 10.6 Å². The lowest BCUT2D eigenvalue weighted by Gasteiger charge is -2.34. The molecule has 0 radical (unpaired) electrons. The molecule has 4 amide bonds. The molecule has 0 unspecified atom stereocenters. The number of benzene rings is 4. The Hall–Kier alpha value is -7.14. The third-order valence-corrected chi connectivity index (χ3v) is 12.9. The quantitative estimate of drug-likeness (QED) is 0.0998. The molecule has 17 heteroatoms. The van der Waals surface area contributed by atoms with Gasteiger partial charge in [0, 0.05) is 31.7 Å². The molecule has 0 aliphatic carbocycles. The maximum Gasteiger partial charge on any atom is 0.407 e. The number of hydrogen-bond acceptors (Lipinski definition) is 9. The Morgan fingerprint density at radius 2 is 1.30 bits per heavy atom. The number of rotatable bonds is 11. The first-order valence-electron chi connectivity index (χ1n) is 22.0. The van der Waals surface area contributed by atoms with Crippen LogP contribution >= 0.6 is 0 Å². The average Bonchev–Trinajstić information content (AvgIpc) is 4.19. The smallest absolute Gasteiger partial charge is 0.407 e. The summed E-state index contributed by atoms with van der Waals surface area (Å²) in [6, 6.07) is 25.4. The SMILES string of the molecule is COC(=O)N[C@H](C(=O)N1CCC[C@H]1c1ncc(-c2ccc3cc(-c4ccc(-c5cnc([C@@H]6CC(F)(F)CN6C(=O)[C@H](NC(=O)OC)c6ccccc6)[nH]5)cc4)ccc3c2)[nH]1)C1CCOCC1. The summed E-state index contributed by atoms with van der Waals surface area (Å²) in [5, 5.41) is 7.37. The van der Waals surface area contributed by atoms with Crippen molar-refractivity contribution in [3.8, 4) is 33.6 Å².